The lowest BCUT2D eigenvalue weighted by Gasteiger charge is -2.07. The average Bonchev–Trinajstić information content (AvgIpc) is 2.99. The lowest BCUT2D eigenvalue weighted by atomic mass is 10.1. The number of benzene rings is 1. The zero-order valence-electron chi connectivity index (χ0n) is 11.1. The molecule has 1 heterocycles. The van der Waals surface area contributed by atoms with Crippen LogP contribution in [0.2, 0.25) is 0 Å². The highest BCUT2D eigenvalue weighted by atomic mass is 32.2. The van der Waals surface area contributed by atoms with Crippen molar-refractivity contribution < 1.29 is 9.84 Å². The molecule has 2 N–H and O–H groups in total. The van der Waals surface area contributed by atoms with Gasteiger partial charge in [0, 0.05) is 23.3 Å². The number of nitrogens with one attached hydrogen (secondary N) is 1. The van der Waals surface area contributed by atoms with Crippen LogP contribution in [0.1, 0.15) is 17.5 Å². The number of methoxy groups -OCH3 is 1. The molecule has 0 fully saturated rings. The van der Waals surface area contributed by atoms with Crippen LogP contribution in [-0.4, -0.2) is 34.0 Å². The van der Waals surface area contributed by atoms with Crippen molar-refractivity contribution in [2.24, 2.45) is 0 Å². The molecule has 6 heteroatoms. The van der Waals surface area contributed by atoms with Gasteiger partial charge < -0.3 is 9.84 Å². The molecule has 20 heavy (non-hydrogen) atoms. The molecule has 0 aliphatic rings. The lowest BCUT2D eigenvalue weighted by molar-refractivity contribution is 0.305. The number of hydrogen-bond donors (Lipinski definition) is 2. The highest BCUT2D eigenvalue weighted by Gasteiger charge is 2.06. The summed E-state index contributed by atoms with van der Waals surface area (Å²) in [5, 5.41) is 16.1. The Morgan fingerprint density at radius 1 is 1.45 bits per heavy atom. The van der Waals surface area contributed by atoms with E-state index in [9.17, 15) is 0 Å². The Morgan fingerprint density at radius 2 is 2.35 bits per heavy atom. The minimum absolute atomic E-state index is 0.0807. The molecule has 1 aromatic carbocycles. The van der Waals surface area contributed by atoms with Gasteiger partial charge in [0.25, 0.3) is 0 Å². The molecular formula is C14H15N3O2S. The van der Waals surface area contributed by atoms with Crippen LogP contribution in [-0.2, 0) is 5.75 Å². The zero-order valence-corrected chi connectivity index (χ0v) is 11.9. The Kier molecular flexibility index (Phi) is 5.47. The maximum absolute atomic E-state index is 8.73. The van der Waals surface area contributed by atoms with E-state index in [1.54, 1.807) is 18.9 Å². The fourth-order valence-electron chi connectivity index (χ4n) is 1.60. The quantitative estimate of drug-likeness (QED) is 0.649. The molecule has 0 aliphatic heterocycles. The van der Waals surface area contributed by atoms with E-state index in [1.807, 2.05) is 18.2 Å². The van der Waals surface area contributed by atoms with Gasteiger partial charge in [-0.15, -0.1) is 0 Å². The normalized spacial score (nSPS) is 9.90. The van der Waals surface area contributed by atoms with Gasteiger partial charge in [0.2, 0.25) is 0 Å². The second-order valence-corrected chi connectivity index (χ2v) is 4.85. The second-order valence-electron chi connectivity index (χ2n) is 3.88. The van der Waals surface area contributed by atoms with Crippen molar-refractivity contribution >= 4 is 11.8 Å². The molecule has 0 saturated heterocycles. The van der Waals surface area contributed by atoms with Gasteiger partial charge in [0.15, 0.2) is 5.16 Å². The number of H-pyrrole nitrogens is 1. The van der Waals surface area contributed by atoms with Crippen LogP contribution < -0.4 is 4.74 Å². The van der Waals surface area contributed by atoms with Gasteiger partial charge in [-0.2, -0.15) is 5.10 Å². The summed E-state index contributed by atoms with van der Waals surface area (Å²) < 4.78 is 5.35. The van der Waals surface area contributed by atoms with Gasteiger partial charge in [0.05, 0.1) is 13.7 Å². The number of nitrogens with zero attached hydrogens (tertiary/aromatic N) is 2. The van der Waals surface area contributed by atoms with Gasteiger partial charge in [-0.25, -0.2) is 4.98 Å². The van der Waals surface area contributed by atoms with Crippen molar-refractivity contribution in [3.63, 3.8) is 0 Å². The number of aliphatic hydroxyl groups is 1. The van der Waals surface area contributed by atoms with E-state index in [0.717, 1.165) is 22.0 Å². The first-order valence-electron chi connectivity index (χ1n) is 6.08. The molecule has 0 bridgehead atoms. The summed E-state index contributed by atoms with van der Waals surface area (Å²) in [4.78, 5) is 4.07. The first-order chi connectivity index (χ1) is 9.83. The molecule has 0 saturated carbocycles. The summed E-state index contributed by atoms with van der Waals surface area (Å²) in [6.07, 6.45) is 1.96. The topological polar surface area (TPSA) is 71.0 Å². The number of ether oxygens (including phenoxy) is 1. The van der Waals surface area contributed by atoms with Gasteiger partial charge in [-0.1, -0.05) is 23.6 Å². The van der Waals surface area contributed by atoms with Crippen LogP contribution in [0.25, 0.3) is 0 Å². The average molecular weight is 289 g/mol. The maximum atomic E-state index is 8.73. The SMILES string of the molecule is COc1ccc(C#CCCO)cc1CSc1ncn[nH]1. The van der Waals surface area contributed by atoms with Gasteiger partial charge >= 0.3 is 0 Å². The van der Waals surface area contributed by atoms with Crippen LogP contribution >= 0.6 is 11.8 Å². The molecule has 0 amide bonds. The molecule has 0 unspecified atom stereocenters. The third-order valence-electron chi connectivity index (χ3n) is 2.51. The van der Waals surface area contributed by atoms with E-state index in [0.29, 0.717) is 12.2 Å². The largest absolute Gasteiger partial charge is 0.496 e. The lowest BCUT2D eigenvalue weighted by Crippen LogP contribution is -1.92. The summed E-state index contributed by atoms with van der Waals surface area (Å²) in [5.41, 5.74) is 1.96. The second kappa shape index (κ2) is 7.58. The van der Waals surface area contributed by atoms with Crippen LogP contribution in [0.15, 0.2) is 29.7 Å². The Bertz CT molecular complexity index is 603. The van der Waals surface area contributed by atoms with Gasteiger partial charge in [-0.05, 0) is 18.2 Å². The highest BCUT2D eigenvalue weighted by molar-refractivity contribution is 7.98. The van der Waals surface area contributed by atoms with Crippen molar-refractivity contribution in [1.29, 1.82) is 0 Å². The molecule has 0 atom stereocenters. The Hall–Kier alpha value is -1.97. The summed E-state index contributed by atoms with van der Waals surface area (Å²) in [7, 11) is 1.65. The molecule has 104 valence electrons. The smallest absolute Gasteiger partial charge is 0.183 e. The van der Waals surface area contributed by atoms with Crippen molar-refractivity contribution in [3.8, 4) is 17.6 Å². The van der Waals surface area contributed by atoms with Crippen LogP contribution in [0, 0.1) is 11.8 Å². The van der Waals surface area contributed by atoms with Crippen LogP contribution in [0.3, 0.4) is 0 Å². The number of aromatic amines is 1. The monoisotopic (exact) mass is 289 g/mol. The van der Waals surface area contributed by atoms with E-state index in [-0.39, 0.29) is 6.61 Å². The zero-order chi connectivity index (χ0) is 14.2. The Morgan fingerprint density at radius 3 is 3.05 bits per heavy atom. The molecule has 5 nitrogen and oxygen atoms in total. The van der Waals surface area contributed by atoms with Crippen molar-refractivity contribution in [2.45, 2.75) is 17.3 Å². The van der Waals surface area contributed by atoms with E-state index in [2.05, 4.69) is 27.0 Å². The first-order valence-corrected chi connectivity index (χ1v) is 7.07. The molecule has 0 aliphatic carbocycles. The van der Waals surface area contributed by atoms with Gasteiger partial charge in [-0.3, -0.25) is 5.10 Å². The summed E-state index contributed by atoms with van der Waals surface area (Å²) in [6.45, 7) is 0.0807. The predicted molar refractivity (Wildman–Crippen MR) is 77.5 cm³/mol. The maximum Gasteiger partial charge on any atom is 0.183 e. The van der Waals surface area contributed by atoms with E-state index < -0.39 is 0 Å². The molecule has 0 spiro atoms. The van der Waals surface area contributed by atoms with E-state index in [4.69, 9.17) is 9.84 Å². The van der Waals surface area contributed by atoms with E-state index >= 15 is 0 Å². The van der Waals surface area contributed by atoms with Crippen LogP contribution in [0.5, 0.6) is 5.75 Å². The minimum atomic E-state index is 0.0807. The fraction of sp³-hybridized carbons (Fsp3) is 0.286. The number of thioether (sulfide) groups is 1. The number of rotatable bonds is 5. The highest BCUT2D eigenvalue weighted by Crippen LogP contribution is 2.26. The van der Waals surface area contributed by atoms with E-state index in [1.165, 1.54) is 6.33 Å². The third kappa shape index (κ3) is 4.02. The predicted octanol–water partition coefficient (Wildman–Crippen LogP) is 1.84. The van der Waals surface area contributed by atoms with Crippen LogP contribution in [0.4, 0.5) is 0 Å². The van der Waals surface area contributed by atoms with Crippen molar-refractivity contribution in [3.05, 3.63) is 35.7 Å². The van der Waals surface area contributed by atoms with Crippen molar-refractivity contribution in [1.82, 2.24) is 15.2 Å². The fourth-order valence-corrected chi connectivity index (χ4v) is 2.36. The minimum Gasteiger partial charge on any atom is -0.496 e. The summed E-state index contributed by atoms with van der Waals surface area (Å²) in [5.74, 6) is 7.47. The standard InChI is InChI=1S/C14H15N3O2S/c1-19-13-6-5-11(4-2-3-7-18)8-12(13)9-20-14-15-10-16-17-14/h5-6,8,10,18H,3,7,9H2,1H3,(H,15,16,17). The Balaban J connectivity index is 2.12. The third-order valence-corrected chi connectivity index (χ3v) is 3.43. The Labute approximate surface area is 121 Å². The van der Waals surface area contributed by atoms with Crippen molar-refractivity contribution in [2.75, 3.05) is 13.7 Å². The summed E-state index contributed by atoms with van der Waals surface area (Å²) >= 11 is 1.55. The number of aliphatic hydroxyl groups excluding tert-OH is 1. The molecule has 0 radical (unpaired) electrons. The summed E-state index contributed by atoms with van der Waals surface area (Å²) in [6, 6.07) is 5.80. The molecule has 2 rings (SSSR count). The number of hydrogen-bond acceptors (Lipinski definition) is 5. The molecular weight excluding hydrogens is 274 g/mol. The molecule has 1 aromatic heterocycles. The molecule has 2 aromatic rings. The van der Waals surface area contributed by atoms with Gasteiger partial charge in [0.1, 0.15) is 12.1 Å². The first kappa shape index (κ1) is 14.4. The number of aromatic nitrogens is 3.